The Labute approximate surface area is 76.9 Å². The van der Waals surface area contributed by atoms with Crippen molar-refractivity contribution in [3.8, 4) is 0 Å². The first-order valence-electron chi connectivity index (χ1n) is 4.59. The summed E-state index contributed by atoms with van der Waals surface area (Å²) in [6.45, 7) is 4.93. The maximum absolute atomic E-state index is 4.93. The molecule has 0 radical (unpaired) electrons. The molecule has 2 heterocycles. The van der Waals surface area contributed by atoms with E-state index in [4.69, 9.17) is 4.52 Å². The quantitative estimate of drug-likeness (QED) is 0.708. The predicted molar refractivity (Wildman–Crippen MR) is 48.5 cm³/mol. The van der Waals surface area contributed by atoms with Crippen LogP contribution in [-0.4, -0.2) is 29.8 Å². The molecule has 1 aromatic rings. The summed E-state index contributed by atoms with van der Waals surface area (Å²) >= 11 is 0. The van der Waals surface area contributed by atoms with Gasteiger partial charge in [0, 0.05) is 6.54 Å². The maximum atomic E-state index is 4.93. The summed E-state index contributed by atoms with van der Waals surface area (Å²) in [6, 6.07) is 0.532. The summed E-state index contributed by atoms with van der Waals surface area (Å²) in [5.41, 5.74) is 0. The zero-order chi connectivity index (χ0) is 9.10. The second-order valence-corrected chi connectivity index (χ2v) is 3.39. The van der Waals surface area contributed by atoms with Crippen LogP contribution in [0.25, 0.3) is 0 Å². The van der Waals surface area contributed by atoms with E-state index in [0.29, 0.717) is 17.8 Å². The first kappa shape index (κ1) is 8.50. The van der Waals surface area contributed by atoms with E-state index >= 15 is 0 Å². The van der Waals surface area contributed by atoms with Crippen LogP contribution in [-0.2, 0) is 0 Å². The van der Waals surface area contributed by atoms with Crippen LogP contribution in [0.15, 0.2) is 4.52 Å². The van der Waals surface area contributed by atoms with E-state index in [1.54, 1.807) is 0 Å². The highest BCUT2D eigenvalue weighted by molar-refractivity contribution is 5.17. The van der Waals surface area contributed by atoms with Crippen LogP contribution in [0.1, 0.15) is 12.2 Å². The molecule has 2 rings (SSSR count). The fourth-order valence-corrected chi connectivity index (χ4v) is 1.49. The molecule has 1 aliphatic rings. The van der Waals surface area contributed by atoms with Gasteiger partial charge in [0.25, 0.3) is 0 Å². The lowest BCUT2D eigenvalue weighted by Gasteiger charge is -2.06. The van der Waals surface area contributed by atoms with E-state index in [1.165, 1.54) is 6.42 Å². The molecule has 13 heavy (non-hydrogen) atoms. The molecular weight excluding hydrogens is 168 g/mol. The van der Waals surface area contributed by atoms with Crippen LogP contribution in [0.4, 0.5) is 6.01 Å². The number of hydrogen-bond donors (Lipinski definition) is 2. The lowest BCUT2D eigenvalue weighted by atomic mass is 10.1. The molecule has 0 aromatic carbocycles. The number of hydrogen-bond acceptors (Lipinski definition) is 5. The highest BCUT2D eigenvalue weighted by Gasteiger charge is 2.14. The third-order valence-electron chi connectivity index (χ3n) is 2.23. The summed E-state index contributed by atoms with van der Waals surface area (Å²) in [7, 11) is 0. The summed E-state index contributed by atoms with van der Waals surface area (Å²) in [5, 5.41) is 10.1. The molecule has 0 amide bonds. The second-order valence-electron chi connectivity index (χ2n) is 3.39. The number of nitrogens with one attached hydrogen (secondary N) is 2. The van der Waals surface area contributed by atoms with Crippen LogP contribution < -0.4 is 10.6 Å². The highest BCUT2D eigenvalue weighted by atomic mass is 16.5. The monoisotopic (exact) mass is 182 g/mol. The first-order valence-corrected chi connectivity index (χ1v) is 4.59. The molecule has 1 fully saturated rings. The van der Waals surface area contributed by atoms with Crippen molar-refractivity contribution in [3.63, 3.8) is 0 Å². The van der Waals surface area contributed by atoms with Gasteiger partial charge in [-0.1, -0.05) is 5.16 Å². The van der Waals surface area contributed by atoms with Crippen molar-refractivity contribution in [1.29, 1.82) is 0 Å². The second kappa shape index (κ2) is 3.74. The predicted octanol–water partition coefficient (Wildman–Crippen LogP) is 0.399. The molecule has 0 spiro atoms. The van der Waals surface area contributed by atoms with Gasteiger partial charge in [0.05, 0.1) is 0 Å². The number of aryl methyl sites for hydroxylation is 1. The van der Waals surface area contributed by atoms with Gasteiger partial charge in [0.2, 0.25) is 0 Å². The summed E-state index contributed by atoms with van der Waals surface area (Å²) in [4.78, 5) is 4.06. The summed E-state index contributed by atoms with van der Waals surface area (Å²) in [5.74, 6) is 1.36. The normalized spacial score (nSPS) is 22.1. The molecule has 1 saturated heterocycles. The fourth-order valence-electron chi connectivity index (χ4n) is 1.49. The third kappa shape index (κ3) is 2.18. The Morgan fingerprint density at radius 3 is 3.23 bits per heavy atom. The van der Waals surface area contributed by atoms with Gasteiger partial charge in [0.15, 0.2) is 5.82 Å². The Morgan fingerprint density at radius 1 is 1.69 bits per heavy atom. The first-order chi connectivity index (χ1) is 6.34. The molecule has 0 saturated carbocycles. The summed E-state index contributed by atoms with van der Waals surface area (Å²) < 4.78 is 4.93. The van der Waals surface area contributed by atoms with Crippen LogP contribution in [0.2, 0.25) is 0 Å². The number of aromatic nitrogens is 2. The van der Waals surface area contributed by atoms with Crippen molar-refractivity contribution in [2.75, 3.05) is 25.0 Å². The van der Waals surface area contributed by atoms with Gasteiger partial charge in [-0.3, -0.25) is 0 Å². The number of anilines is 1. The van der Waals surface area contributed by atoms with Crippen molar-refractivity contribution in [1.82, 2.24) is 15.5 Å². The number of rotatable bonds is 3. The average Bonchev–Trinajstić information content (AvgIpc) is 2.71. The lowest BCUT2D eigenvalue weighted by molar-refractivity contribution is 0.422. The van der Waals surface area contributed by atoms with E-state index in [2.05, 4.69) is 20.8 Å². The van der Waals surface area contributed by atoms with E-state index in [0.717, 1.165) is 19.6 Å². The van der Waals surface area contributed by atoms with Crippen molar-refractivity contribution < 1.29 is 4.52 Å². The van der Waals surface area contributed by atoms with E-state index in [-0.39, 0.29) is 0 Å². The molecule has 2 N–H and O–H groups in total. The zero-order valence-electron chi connectivity index (χ0n) is 7.71. The minimum Gasteiger partial charge on any atom is -0.337 e. The molecular formula is C8H14N4O. The Hall–Kier alpha value is -1.10. The Bertz CT molecular complexity index is 267. The van der Waals surface area contributed by atoms with E-state index < -0.39 is 0 Å². The molecule has 1 atom stereocenters. The van der Waals surface area contributed by atoms with E-state index in [1.807, 2.05) is 6.92 Å². The average molecular weight is 182 g/mol. The smallest absolute Gasteiger partial charge is 0.321 e. The third-order valence-corrected chi connectivity index (χ3v) is 2.23. The van der Waals surface area contributed by atoms with Gasteiger partial charge < -0.3 is 15.2 Å². The molecule has 72 valence electrons. The van der Waals surface area contributed by atoms with Gasteiger partial charge in [-0.2, -0.15) is 4.98 Å². The molecule has 5 nitrogen and oxygen atoms in total. The largest absolute Gasteiger partial charge is 0.337 e. The van der Waals surface area contributed by atoms with Gasteiger partial charge in [-0.05, 0) is 32.4 Å². The van der Waals surface area contributed by atoms with Crippen molar-refractivity contribution in [2.45, 2.75) is 13.3 Å². The van der Waals surface area contributed by atoms with Gasteiger partial charge in [-0.25, -0.2) is 0 Å². The topological polar surface area (TPSA) is 63.0 Å². The van der Waals surface area contributed by atoms with E-state index in [9.17, 15) is 0 Å². The molecule has 5 heteroatoms. The molecule has 1 aliphatic heterocycles. The standard InChI is InChI=1S/C8H14N4O/c1-6-11-8(13-12-6)10-5-7-2-3-9-4-7/h7,9H,2-5H2,1H3,(H,10,11,12). The van der Waals surface area contributed by atoms with Crippen LogP contribution in [0, 0.1) is 12.8 Å². The Morgan fingerprint density at radius 2 is 2.62 bits per heavy atom. The molecule has 1 unspecified atom stereocenters. The van der Waals surface area contributed by atoms with Gasteiger partial charge >= 0.3 is 6.01 Å². The minimum absolute atomic E-state index is 0.532. The maximum Gasteiger partial charge on any atom is 0.321 e. The van der Waals surface area contributed by atoms with Crippen LogP contribution in [0.3, 0.4) is 0 Å². The lowest BCUT2D eigenvalue weighted by Crippen LogP contribution is -2.17. The Kier molecular flexibility index (Phi) is 2.44. The fraction of sp³-hybridized carbons (Fsp3) is 0.750. The molecule has 1 aromatic heterocycles. The van der Waals surface area contributed by atoms with Crippen LogP contribution >= 0.6 is 0 Å². The van der Waals surface area contributed by atoms with Crippen molar-refractivity contribution in [3.05, 3.63) is 5.82 Å². The Balaban J connectivity index is 1.78. The zero-order valence-corrected chi connectivity index (χ0v) is 7.71. The SMILES string of the molecule is Cc1noc(NCC2CCNC2)n1. The summed E-state index contributed by atoms with van der Waals surface area (Å²) in [6.07, 6.45) is 1.22. The van der Waals surface area contributed by atoms with Crippen molar-refractivity contribution in [2.24, 2.45) is 5.92 Å². The minimum atomic E-state index is 0.532. The molecule has 0 aliphatic carbocycles. The number of nitrogens with zero attached hydrogens (tertiary/aromatic N) is 2. The molecule has 0 bridgehead atoms. The van der Waals surface area contributed by atoms with Crippen LogP contribution in [0.5, 0.6) is 0 Å². The van der Waals surface area contributed by atoms with Gasteiger partial charge in [-0.15, -0.1) is 0 Å². The highest BCUT2D eigenvalue weighted by Crippen LogP contribution is 2.09. The van der Waals surface area contributed by atoms with Gasteiger partial charge in [0.1, 0.15) is 0 Å². The van der Waals surface area contributed by atoms with Crippen molar-refractivity contribution >= 4 is 6.01 Å².